The van der Waals surface area contributed by atoms with Crippen LogP contribution in [-0.4, -0.2) is 28.0 Å². The minimum Gasteiger partial charge on any atom is -0.462 e. The molecule has 1 aromatic carbocycles. The summed E-state index contributed by atoms with van der Waals surface area (Å²) in [4.78, 5) is 33.7. The van der Waals surface area contributed by atoms with Crippen LogP contribution < -0.4 is 4.80 Å². The Bertz CT molecular complexity index is 998. The van der Waals surface area contributed by atoms with Crippen LogP contribution in [0.4, 0.5) is 0 Å². The molecule has 0 bridgehead atoms. The maximum atomic E-state index is 12.4. The number of thiazole rings is 2. The van der Waals surface area contributed by atoms with Crippen LogP contribution >= 0.6 is 22.7 Å². The largest absolute Gasteiger partial charge is 0.462 e. The number of amides is 1. The van der Waals surface area contributed by atoms with Gasteiger partial charge in [-0.3, -0.25) is 4.79 Å². The quantitative estimate of drug-likeness (QED) is 0.672. The first-order valence-corrected chi connectivity index (χ1v) is 8.96. The standard InChI is InChI=1S/C16H15N3O3S2/c1-4-22-15(21)13-9(2)19(3)16(24-13)18-14(20)10-5-6-11-12(7-10)23-8-17-11/h5-8H,4H2,1-3H3. The maximum absolute atomic E-state index is 12.4. The number of fused-ring (bicyclic) bond motifs is 1. The zero-order chi connectivity index (χ0) is 17.3. The van der Waals surface area contributed by atoms with Crippen molar-refractivity contribution < 1.29 is 14.3 Å². The fourth-order valence-corrected chi connectivity index (χ4v) is 3.88. The molecule has 0 unspecified atom stereocenters. The third-order valence-electron chi connectivity index (χ3n) is 3.55. The molecule has 124 valence electrons. The van der Waals surface area contributed by atoms with Gasteiger partial charge in [0.15, 0.2) is 4.80 Å². The monoisotopic (exact) mass is 361 g/mol. The Labute approximate surface area is 146 Å². The molecule has 0 atom stereocenters. The highest BCUT2D eigenvalue weighted by molar-refractivity contribution is 7.16. The van der Waals surface area contributed by atoms with Gasteiger partial charge in [-0.1, -0.05) is 11.3 Å². The topological polar surface area (TPSA) is 73.6 Å². The number of benzene rings is 1. The number of carbonyl (C=O) groups is 2. The number of hydrogen-bond donors (Lipinski definition) is 0. The van der Waals surface area contributed by atoms with E-state index >= 15 is 0 Å². The highest BCUT2D eigenvalue weighted by atomic mass is 32.1. The minimum atomic E-state index is -0.393. The number of hydrogen-bond acceptors (Lipinski definition) is 6. The Hall–Kier alpha value is -2.32. The molecule has 2 aromatic heterocycles. The van der Waals surface area contributed by atoms with Gasteiger partial charge in [0.25, 0.3) is 5.91 Å². The molecule has 3 aromatic rings. The van der Waals surface area contributed by atoms with Gasteiger partial charge in [0, 0.05) is 18.3 Å². The summed E-state index contributed by atoms with van der Waals surface area (Å²) in [5, 5.41) is 0. The van der Waals surface area contributed by atoms with Gasteiger partial charge in [-0.2, -0.15) is 4.99 Å². The summed E-state index contributed by atoms with van der Waals surface area (Å²) in [6, 6.07) is 5.30. The molecule has 0 radical (unpaired) electrons. The molecular formula is C16H15N3O3S2. The zero-order valence-corrected chi connectivity index (χ0v) is 15.0. The second kappa shape index (κ2) is 6.66. The number of aromatic nitrogens is 2. The highest BCUT2D eigenvalue weighted by Gasteiger charge is 2.17. The van der Waals surface area contributed by atoms with E-state index in [4.69, 9.17) is 4.74 Å². The Morgan fingerprint density at radius 3 is 2.92 bits per heavy atom. The first kappa shape index (κ1) is 16.5. The molecule has 24 heavy (non-hydrogen) atoms. The third-order valence-corrected chi connectivity index (χ3v) is 5.55. The van der Waals surface area contributed by atoms with Gasteiger partial charge in [-0.15, -0.1) is 11.3 Å². The first-order valence-electron chi connectivity index (χ1n) is 7.27. The van der Waals surface area contributed by atoms with Gasteiger partial charge >= 0.3 is 5.97 Å². The van der Waals surface area contributed by atoms with E-state index in [1.165, 1.54) is 11.3 Å². The molecular weight excluding hydrogens is 346 g/mol. The van der Waals surface area contributed by atoms with Gasteiger partial charge in [0.05, 0.1) is 22.3 Å². The van der Waals surface area contributed by atoms with Gasteiger partial charge in [-0.25, -0.2) is 9.78 Å². The smallest absolute Gasteiger partial charge is 0.350 e. The van der Waals surface area contributed by atoms with Crippen LogP contribution in [0.25, 0.3) is 10.2 Å². The van der Waals surface area contributed by atoms with Crippen molar-refractivity contribution in [3.05, 3.63) is 44.6 Å². The second-order valence-electron chi connectivity index (χ2n) is 5.03. The SMILES string of the molecule is CCOC(=O)c1sc(=NC(=O)c2ccc3ncsc3c2)n(C)c1C. The summed E-state index contributed by atoms with van der Waals surface area (Å²) < 4.78 is 7.69. The van der Waals surface area contributed by atoms with Crippen molar-refractivity contribution in [2.75, 3.05) is 6.61 Å². The summed E-state index contributed by atoms with van der Waals surface area (Å²) in [6.45, 7) is 3.86. The number of ether oxygens (including phenoxy) is 1. The van der Waals surface area contributed by atoms with E-state index in [1.54, 1.807) is 49.2 Å². The van der Waals surface area contributed by atoms with Gasteiger partial charge in [0.2, 0.25) is 0 Å². The van der Waals surface area contributed by atoms with Crippen molar-refractivity contribution in [1.29, 1.82) is 0 Å². The molecule has 0 aliphatic rings. The Balaban J connectivity index is 1.99. The number of nitrogens with zero attached hydrogens (tertiary/aromatic N) is 3. The van der Waals surface area contributed by atoms with Crippen LogP contribution in [-0.2, 0) is 11.8 Å². The van der Waals surface area contributed by atoms with E-state index in [0.717, 1.165) is 27.2 Å². The molecule has 1 amide bonds. The maximum Gasteiger partial charge on any atom is 0.350 e. The molecule has 0 saturated carbocycles. The lowest BCUT2D eigenvalue weighted by Crippen LogP contribution is -2.14. The van der Waals surface area contributed by atoms with Crippen molar-refractivity contribution in [3.8, 4) is 0 Å². The van der Waals surface area contributed by atoms with Crippen molar-refractivity contribution in [2.24, 2.45) is 12.0 Å². The Kier molecular flexibility index (Phi) is 4.59. The molecule has 0 N–H and O–H groups in total. The van der Waals surface area contributed by atoms with Crippen LogP contribution in [0, 0.1) is 6.92 Å². The predicted octanol–water partition coefficient (Wildman–Crippen LogP) is 2.92. The molecule has 8 heteroatoms. The molecule has 0 aliphatic heterocycles. The summed E-state index contributed by atoms with van der Waals surface area (Å²) in [5.41, 5.74) is 3.82. The predicted molar refractivity (Wildman–Crippen MR) is 93.5 cm³/mol. The lowest BCUT2D eigenvalue weighted by atomic mass is 10.2. The fourth-order valence-electron chi connectivity index (χ4n) is 2.15. The van der Waals surface area contributed by atoms with Crippen molar-refractivity contribution in [2.45, 2.75) is 13.8 Å². The number of esters is 1. The van der Waals surface area contributed by atoms with E-state index in [2.05, 4.69) is 9.98 Å². The van der Waals surface area contributed by atoms with Crippen LogP contribution in [0.5, 0.6) is 0 Å². The minimum absolute atomic E-state index is 0.306. The van der Waals surface area contributed by atoms with Crippen molar-refractivity contribution in [3.63, 3.8) is 0 Å². The summed E-state index contributed by atoms with van der Waals surface area (Å²) in [5.74, 6) is -0.742. The lowest BCUT2D eigenvalue weighted by Gasteiger charge is -2.00. The van der Waals surface area contributed by atoms with Gasteiger partial charge in [0.1, 0.15) is 4.88 Å². The molecule has 3 rings (SSSR count). The van der Waals surface area contributed by atoms with E-state index < -0.39 is 5.97 Å². The summed E-state index contributed by atoms with van der Waals surface area (Å²) in [6.07, 6.45) is 0. The average Bonchev–Trinajstić information content (AvgIpc) is 3.14. The van der Waals surface area contributed by atoms with Gasteiger partial charge < -0.3 is 9.30 Å². The molecule has 0 spiro atoms. The Morgan fingerprint density at radius 1 is 1.38 bits per heavy atom. The number of carbonyl (C=O) groups excluding carboxylic acids is 2. The normalized spacial score (nSPS) is 11.9. The highest BCUT2D eigenvalue weighted by Crippen LogP contribution is 2.19. The van der Waals surface area contributed by atoms with Crippen molar-refractivity contribution >= 4 is 44.8 Å². The van der Waals surface area contributed by atoms with Crippen LogP contribution in [0.3, 0.4) is 0 Å². The molecule has 0 fully saturated rings. The van der Waals surface area contributed by atoms with E-state index in [9.17, 15) is 9.59 Å². The average molecular weight is 361 g/mol. The first-order chi connectivity index (χ1) is 11.5. The summed E-state index contributed by atoms with van der Waals surface area (Å²) in [7, 11) is 1.77. The van der Waals surface area contributed by atoms with Gasteiger partial charge in [-0.05, 0) is 32.0 Å². The number of rotatable bonds is 3. The van der Waals surface area contributed by atoms with E-state index in [1.807, 2.05) is 0 Å². The molecule has 2 heterocycles. The second-order valence-corrected chi connectivity index (χ2v) is 6.89. The van der Waals surface area contributed by atoms with E-state index in [-0.39, 0.29) is 5.91 Å². The van der Waals surface area contributed by atoms with Crippen LogP contribution in [0.2, 0.25) is 0 Å². The van der Waals surface area contributed by atoms with Crippen molar-refractivity contribution in [1.82, 2.24) is 9.55 Å². The van der Waals surface area contributed by atoms with E-state index in [0.29, 0.717) is 21.8 Å². The molecule has 0 aliphatic carbocycles. The molecule has 6 nitrogen and oxygen atoms in total. The third kappa shape index (κ3) is 3.02. The zero-order valence-electron chi connectivity index (χ0n) is 13.4. The van der Waals surface area contributed by atoms with Crippen LogP contribution in [0.15, 0.2) is 28.7 Å². The summed E-state index contributed by atoms with van der Waals surface area (Å²) >= 11 is 2.63. The molecule has 0 saturated heterocycles. The fraction of sp³-hybridized carbons (Fsp3) is 0.250. The Morgan fingerprint density at radius 2 is 2.17 bits per heavy atom. The van der Waals surface area contributed by atoms with Crippen LogP contribution in [0.1, 0.15) is 32.6 Å². The lowest BCUT2D eigenvalue weighted by molar-refractivity contribution is 0.0530.